The summed E-state index contributed by atoms with van der Waals surface area (Å²) in [4.78, 5) is 16.7. The van der Waals surface area contributed by atoms with Crippen LogP contribution in [-0.4, -0.2) is 27.2 Å². The van der Waals surface area contributed by atoms with Gasteiger partial charge in [-0.05, 0) is 18.2 Å². The third kappa shape index (κ3) is 3.03. The number of halogens is 2. The SMILES string of the molecule is C=C1C(=O)OCC1C(O)c1cn(Cc2cnc(Cl)s2)c2ccc(Cl)cc12. The average Bonchev–Trinajstić information content (AvgIpc) is 3.27. The van der Waals surface area contributed by atoms with Crippen LogP contribution in [0.4, 0.5) is 0 Å². The van der Waals surface area contributed by atoms with Gasteiger partial charge in [-0.15, -0.1) is 11.3 Å². The molecule has 2 unspecified atom stereocenters. The fourth-order valence-electron chi connectivity index (χ4n) is 3.20. The molecule has 1 saturated heterocycles. The summed E-state index contributed by atoms with van der Waals surface area (Å²) < 4.78 is 7.50. The van der Waals surface area contributed by atoms with Gasteiger partial charge in [0.15, 0.2) is 4.47 Å². The summed E-state index contributed by atoms with van der Waals surface area (Å²) in [7, 11) is 0. The second-order valence-corrected chi connectivity index (χ2v) is 8.26. The van der Waals surface area contributed by atoms with E-state index >= 15 is 0 Å². The number of cyclic esters (lactones) is 1. The molecule has 1 aliphatic heterocycles. The molecule has 26 heavy (non-hydrogen) atoms. The molecule has 2 atom stereocenters. The number of thiazole rings is 1. The smallest absolute Gasteiger partial charge is 0.333 e. The summed E-state index contributed by atoms with van der Waals surface area (Å²) in [5.41, 5.74) is 1.89. The van der Waals surface area contributed by atoms with Crippen LogP contribution in [-0.2, 0) is 16.1 Å². The van der Waals surface area contributed by atoms with Crippen LogP contribution >= 0.6 is 34.5 Å². The first-order chi connectivity index (χ1) is 12.4. The molecule has 3 heterocycles. The number of fused-ring (bicyclic) bond motifs is 1. The minimum Gasteiger partial charge on any atom is -0.462 e. The Kier molecular flexibility index (Phi) is 4.52. The normalized spacial score (nSPS) is 18.5. The van der Waals surface area contributed by atoms with Gasteiger partial charge in [0.25, 0.3) is 0 Å². The number of rotatable bonds is 4. The van der Waals surface area contributed by atoms with Gasteiger partial charge in [-0.3, -0.25) is 0 Å². The monoisotopic (exact) mass is 408 g/mol. The highest BCUT2D eigenvalue weighted by atomic mass is 35.5. The lowest BCUT2D eigenvalue weighted by atomic mass is 9.92. The Balaban J connectivity index is 1.77. The number of benzene rings is 1. The maximum atomic E-state index is 11.6. The lowest BCUT2D eigenvalue weighted by Crippen LogP contribution is -2.14. The molecule has 0 spiro atoms. The molecule has 3 aromatic rings. The van der Waals surface area contributed by atoms with Crippen molar-refractivity contribution in [1.82, 2.24) is 9.55 Å². The molecular formula is C18H14Cl2N2O3S. The van der Waals surface area contributed by atoms with Gasteiger partial charge in [-0.2, -0.15) is 0 Å². The number of nitrogens with zero attached hydrogens (tertiary/aromatic N) is 2. The molecule has 8 heteroatoms. The van der Waals surface area contributed by atoms with Gasteiger partial charge in [0.05, 0.1) is 18.6 Å². The van der Waals surface area contributed by atoms with Crippen molar-refractivity contribution < 1.29 is 14.6 Å². The summed E-state index contributed by atoms with van der Waals surface area (Å²) in [6.45, 7) is 4.44. The predicted octanol–water partition coefficient (Wildman–Crippen LogP) is 4.22. The zero-order valence-corrected chi connectivity index (χ0v) is 15.8. The van der Waals surface area contributed by atoms with E-state index in [-0.39, 0.29) is 12.2 Å². The molecule has 1 N–H and O–H groups in total. The number of esters is 1. The van der Waals surface area contributed by atoms with Gasteiger partial charge >= 0.3 is 5.97 Å². The molecular weight excluding hydrogens is 395 g/mol. The Morgan fingerprint density at radius 1 is 1.46 bits per heavy atom. The van der Waals surface area contributed by atoms with Crippen LogP contribution in [0, 0.1) is 5.92 Å². The van der Waals surface area contributed by atoms with E-state index in [1.165, 1.54) is 11.3 Å². The van der Waals surface area contributed by atoms with Crippen LogP contribution in [0.2, 0.25) is 9.49 Å². The Morgan fingerprint density at radius 2 is 2.27 bits per heavy atom. The minimum atomic E-state index is -0.916. The number of hydrogen-bond donors (Lipinski definition) is 1. The van der Waals surface area contributed by atoms with Gasteiger partial charge in [0, 0.05) is 44.3 Å². The van der Waals surface area contributed by atoms with E-state index in [0.717, 1.165) is 15.8 Å². The highest BCUT2D eigenvalue weighted by Crippen LogP contribution is 2.38. The molecule has 5 nitrogen and oxygen atoms in total. The van der Waals surface area contributed by atoms with Crippen LogP contribution in [0.25, 0.3) is 10.9 Å². The number of aliphatic hydroxyl groups excluding tert-OH is 1. The zero-order valence-electron chi connectivity index (χ0n) is 13.5. The van der Waals surface area contributed by atoms with Crippen LogP contribution < -0.4 is 0 Å². The Labute approximate surface area is 163 Å². The number of carbonyl (C=O) groups excluding carboxylic acids is 1. The summed E-state index contributed by atoms with van der Waals surface area (Å²) in [6, 6.07) is 5.52. The maximum absolute atomic E-state index is 11.6. The van der Waals surface area contributed by atoms with Gasteiger partial charge in [0.1, 0.15) is 6.61 Å². The third-order valence-electron chi connectivity index (χ3n) is 4.53. The highest BCUT2D eigenvalue weighted by Gasteiger charge is 2.36. The Hall–Kier alpha value is -1.86. The molecule has 1 fully saturated rings. The van der Waals surface area contributed by atoms with Crippen molar-refractivity contribution in [2.45, 2.75) is 12.6 Å². The lowest BCUT2D eigenvalue weighted by Gasteiger charge is -2.15. The predicted molar refractivity (Wildman–Crippen MR) is 102 cm³/mol. The third-order valence-corrected chi connectivity index (χ3v) is 5.86. The first-order valence-corrected chi connectivity index (χ1v) is 9.44. The van der Waals surface area contributed by atoms with E-state index in [2.05, 4.69) is 11.6 Å². The fourth-order valence-corrected chi connectivity index (χ4v) is 4.35. The van der Waals surface area contributed by atoms with Crippen molar-refractivity contribution in [1.29, 1.82) is 0 Å². The second kappa shape index (κ2) is 6.70. The van der Waals surface area contributed by atoms with Crippen molar-refractivity contribution in [3.05, 3.63) is 62.7 Å². The van der Waals surface area contributed by atoms with Crippen LogP contribution in [0.5, 0.6) is 0 Å². The van der Waals surface area contributed by atoms with Gasteiger partial charge < -0.3 is 14.4 Å². The van der Waals surface area contributed by atoms with E-state index in [0.29, 0.717) is 21.6 Å². The number of ether oxygens (including phenoxy) is 1. The van der Waals surface area contributed by atoms with Crippen molar-refractivity contribution in [2.24, 2.45) is 5.92 Å². The topological polar surface area (TPSA) is 64.3 Å². The van der Waals surface area contributed by atoms with Crippen LogP contribution in [0.3, 0.4) is 0 Å². The van der Waals surface area contributed by atoms with Crippen LogP contribution in [0.1, 0.15) is 16.5 Å². The van der Waals surface area contributed by atoms with Gasteiger partial charge in [-0.25, -0.2) is 9.78 Å². The second-order valence-electron chi connectivity index (χ2n) is 6.13. The molecule has 1 aliphatic rings. The van der Waals surface area contributed by atoms with E-state index in [1.807, 2.05) is 22.9 Å². The van der Waals surface area contributed by atoms with Gasteiger partial charge in [-0.1, -0.05) is 29.8 Å². The number of hydrogen-bond acceptors (Lipinski definition) is 5. The largest absolute Gasteiger partial charge is 0.462 e. The van der Waals surface area contributed by atoms with E-state index in [9.17, 15) is 9.90 Å². The molecule has 0 bridgehead atoms. The molecule has 0 aliphatic carbocycles. The summed E-state index contributed by atoms with van der Waals surface area (Å²) >= 11 is 13.5. The minimum absolute atomic E-state index is 0.122. The summed E-state index contributed by atoms with van der Waals surface area (Å²) in [5.74, 6) is -0.937. The molecule has 0 amide bonds. The lowest BCUT2D eigenvalue weighted by molar-refractivity contribution is -0.135. The van der Waals surface area contributed by atoms with E-state index < -0.39 is 18.0 Å². The molecule has 1 aromatic carbocycles. The van der Waals surface area contributed by atoms with Crippen molar-refractivity contribution in [3.63, 3.8) is 0 Å². The molecule has 4 rings (SSSR count). The summed E-state index contributed by atoms with van der Waals surface area (Å²) in [6.07, 6.45) is 2.69. The maximum Gasteiger partial charge on any atom is 0.333 e. The number of aliphatic hydroxyl groups is 1. The average molecular weight is 409 g/mol. The van der Waals surface area contributed by atoms with Crippen molar-refractivity contribution >= 4 is 51.4 Å². The van der Waals surface area contributed by atoms with Crippen molar-refractivity contribution in [2.75, 3.05) is 6.61 Å². The molecule has 0 radical (unpaired) electrons. The fraction of sp³-hybridized carbons (Fsp3) is 0.222. The molecule has 134 valence electrons. The molecule has 2 aromatic heterocycles. The first kappa shape index (κ1) is 17.5. The quantitative estimate of drug-likeness (QED) is 0.518. The first-order valence-electron chi connectivity index (χ1n) is 7.86. The highest BCUT2D eigenvalue weighted by molar-refractivity contribution is 7.15. The Morgan fingerprint density at radius 3 is 2.92 bits per heavy atom. The number of aromatic nitrogens is 2. The summed E-state index contributed by atoms with van der Waals surface area (Å²) in [5, 5.41) is 12.3. The van der Waals surface area contributed by atoms with Crippen LogP contribution in [0.15, 0.2) is 42.7 Å². The van der Waals surface area contributed by atoms with E-state index in [1.54, 1.807) is 12.3 Å². The zero-order chi connectivity index (χ0) is 18.4. The number of carbonyl (C=O) groups is 1. The Bertz CT molecular complexity index is 1030. The standard InChI is InChI=1S/C18H14Cl2N2O3S/c1-9-14(8-25-17(9)24)16(23)13-7-22(6-11-5-21-18(20)26-11)15-3-2-10(19)4-12(13)15/h2-5,7,14,16,23H,1,6,8H2. The van der Waals surface area contributed by atoms with Crippen molar-refractivity contribution in [3.8, 4) is 0 Å². The molecule has 0 saturated carbocycles. The van der Waals surface area contributed by atoms with Gasteiger partial charge in [0.2, 0.25) is 0 Å². The van der Waals surface area contributed by atoms with E-state index in [4.69, 9.17) is 27.9 Å².